The molecule has 2 rings (SSSR count). The number of aryl methyl sites for hydroxylation is 2. The van der Waals surface area contributed by atoms with Crippen LogP contribution in [0.2, 0.25) is 0 Å². The predicted octanol–water partition coefficient (Wildman–Crippen LogP) is 3.60. The van der Waals surface area contributed by atoms with Crippen molar-refractivity contribution in [1.29, 1.82) is 0 Å². The predicted molar refractivity (Wildman–Crippen MR) is 83.3 cm³/mol. The fourth-order valence-corrected chi connectivity index (χ4v) is 2.69. The molecule has 0 spiro atoms. The van der Waals surface area contributed by atoms with Crippen LogP contribution in [0, 0.1) is 32.6 Å². The summed E-state index contributed by atoms with van der Waals surface area (Å²) in [6, 6.07) is 6.24. The van der Waals surface area contributed by atoms with Crippen LogP contribution in [0.15, 0.2) is 23.6 Å². The van der Waals surface area contributed by atoms with Crippen molar-refractivity contribution in [3.05, 3.63) is 50.7 Å². The van der Waals surface area contributed by atoms with E-state index in [1.165, 1.54) is 16.7 Å². The number of rotatable bonds is 3. The molecule has 0 atom stereocenters. The molecule has 0 saturated carbocycles. The summed E-state index contributed by atoms with van der Waals surface area (Å²) in [6.45, 7) is 6.70. The molecule has 2 aromatic rings. The Hall–Kier alpha value is -1.76. The van der Waals surface area contributed by atoms with Crippen molar-refractivity contribution in [3.63, 3.8) is 0 Å². The lowest BCUT2D eigenvalue weighted by atomic mass is 10.1. The summed E-state index contributed by atoms with van der Waals surface area (Å²) < 4.78 is 5.92. The summed E-state index contributed by atoms with van der Waals surface area (Å²) in [5.74, 6) is 6.49. The van der Waals surface area contributed by atoms with Crippen LogP contribution in [0.4, 0.5) is 0 Å². The number of thiophene rings is 1. The third-order valence-corrected chi connectivity index (χ3v) is 4.01. The zero-order chi connectivity index (χ0) is 14.5. The third-order valence-electron chi connectivity index (χ3n) is 3.10. The Morgan fingerprint density at radius 1 is 1.20 bits per heavy atom. The second kappa shape index (κ2) is 6.60. The highest BCUT2D eigenvalue weighted by Crippen LogP contribution is 2.25. The first-order valence-electron chi connectivity index (χ1n) is 6.48. The molecule has 0 radical (unpaired) electrons. The van der Waals surface area contributed by atoms with Crippen molar-refractivity contribution >= 4 is 11.3 Å². The SMILES string of the molecule is Cc1cc(C)c(C)c(OCc2cc(C#CCO)cs2)c1. The Labute approximate surface area is 124 Å². The van der Waals surface area contributed by atoms with E-state index in [1.807, 2.05) is 11.4 Å². The number of ether oxygens (including phenoxy) is 1. The monoisotopic (exact) mass is 286 g/mol. The van der Waals surface area contributed by atoms with Crippen molar-refractivity contribution in [2.45, 2.75) is 27.4 Å². The molecule has 1 heterocycles. The van der Waals surface area contributed by atoms with E-state index in [4.69, 9.17) is 9.84 Å². The molecule has 1 aromatic heterocycles. The highest BCUT2D eigenvalue weighted by atomic mass is 32.1. The topological polar surface area (TPSA) is 29.5 Å². The highest BCUT2D eigenvalue weighted by molar-refractivity contribution is 7.10. The van der Waals surface area contributed by atoms with Crippen LogP contribution in [0.5, 0.6) is 5.75 Å². The maximum atomic E-state index is 8.67. The lowest BCUT2D eigenvalue weighted by Crippen LogP contribution is -1.97. The fourth-order valence-electron chi connectivity index (χ4n) is 1.96. The Bertz CT molecular complexity index is 659. The van der Waals surface area contributed by atoms with E-state index in [-0.39, 0.29) is 6.61 Å². The lowest BCUT2D eigenvalue weighted by Gasteiger charge is -2.11. The second-order valence-corrected chi connectivity index (χ2v) is 5.75. The van der Waals surface area contributed by atoms with Gasteiger partial charge in [0.2, 0.25) is 0 Å². The zero-order valence-corrected chi connectivity index (χ0v) is 12.8. The van der Waals surface area contributed by atoms with Crippen LogP contribution in [-0.4, -0.2) is 11.7 Å². The van der Waals surface area contributed by atoms with Crippen molar-refractivity contribution < 1.29 is 9.84 Å². The summed E-state index contributed by atoms with van der Waals surface area (Å²) in [5.41, 5.74) is 4.58. The standard InChI is InChI=1S/C17H18O2S/c1-12-7-13(2)14(3)17(8-12)19-10-16-9-15(11-20-16)5-4-6-18/h7-9,11,18H,6,10H2,1-3H3. The van der Waals surface area contributed by atoms with Gasteiger partial charge in [0.05, 0.1) is 0 Å². The number of aliphatic hydroxyl groups excluding tert-OH is 1. The van der Waals surface area contributed by atoms with Gasteiger partial charge in [0.15, 0.2) is 0 Å². The van der Waals surface area contributed by atoms with Gasteiger partial charge in [-0.15, -0.1) is 11.3 Å². The lowest BCUT2D eigenvalue weighted by molar-refractivity contribution is 0.307. The van der Waals surface area contributed by atoms with Crippen LogP contribution >= 0.6 is 11.3 Å². The van der Waals surface area contributed by atoms with Crippen LogP contribution in [0.25, 0.3) is 0 Å². The van der Waals surface area contributed by atoms with Gasteiger partial charge in [-0.25, -0.2) is 0 Å². The van der Waals surface area contributed by atoms with Crippen molar-refractivity contribution in [2.75, 3.05) is 6.61 Å². The number of hydrogen-bond acceptors (Lipinski definition) is 3. The molecule has 0 aliphatic rings. The van der Waals surface area contributed by atoms with Crippen LogP contribution in [0.1, 0.15) is 27.1 Å². The molecule has 0 saturated heterocycles. The maximum Gasteiger partial charge on any atom is 0.123 e. The first-order chi connectivity index (χ1) is 9.60. The Morgan fingerprint density at radius 2 is 2.00 bits per heavy atom. The largest absolute Gasteiger partial charge is 0.488 e. The van der Waals surface area contributed by atoms with Gasteiger partial charge in [0.25, 0.3) is 0 Å². The van der Waals surface area contributed by atoms with Gasteiger partial charge in [0.1, 0.15) is 19.0 Å². The molecule has 104 valence electrons. The third kappa shape index (κ3) is 3.63. The molecular weight excluding hydrogens is 268 g/mol. The molecule has 3 heteroatoms. The first-order valence-corrected chi connectivity index (χ1v) is 7.36. The average molecular weight is 286 g/mol. The van der Waals surface area contributed by atoms with Gasteiger partial charge < -0.3 is 9.84 Å². The van der Waals surface area contributed by atoms with Crippen LogP contribution < -0.4 is 4.74 Å². The Balaban J connectivity index is 2.07. The highest BCUT2D eigenvalue weighted by Gasteiger charge is 2.05. The molecule has 1 aromatic carbocycles. The number of benzene rings is 1. The molecule has 0 fully saturated rings. The van der Waals surface area contributed by atoms with Gasteiger partial charge in [-0.05, 0) is 49.6 Å². The van der Waals surface area contributed by atoms with Gasteiger partial charge in [-0.1, -0.05) is 17.9 Å². The Morgan fingerprint density at radius 3 is 2.75 bits per heavy atom. The molecular formula is C17H18O2S. The maximum absolute atomic E-state index is 8.67. The van der Waals surface area contributed by atoms with E-state index in [0.29, 0.717) is 6.61 Å². The van der Waals surface area contributed by atoms with Crippen molar-refractivity contribution in [3.8, 4) is 17.6 Å². The molecule has 20 heavy (non-hydrogen) atoms. The van der Waals surface area contributed by atoms with Crippen molar-refractivity contribution in [1.82, 2.24) is 0 Å². The minimum absolute atomic E-state index is 0.108. The Kier molecular flexibility index (Phi) is 4.84. The fraction of sp³-hybridized carbons (Fsp3) is 0.294. The summed E-state index contributed by atoms with van der Waals surface area (Å²) in [4.78, 5) is 1.13. The van der Waals surface area contributed by atoms with Crippen LogP contribution in [0.3, 0.4) is 0 Å². The van der Waals surface area contributed by atoms with E-state index >= 15 is 0 Å². The van der Waals surface area contributed by atoms with Gasteiger partial charge in [-0.3, -0.25) is 0 Å². The molecule has 0 aliphatic heterocycles. The van der Waals surface area contributed by atoms with Crippen LogP contribution in [-0.2, 0) is 6.61 Å². The molecule has 1 N–H and O–H groups in total. The summed E-state index contributed by atoms with van der Waals surface area (Å²) in [6.07, 6.45) is 0. The second-order valence-electron chi connectivity index (χ2n) is 4.76. The molecule has 0 unspecified atom stereocenters. The van der Waals surface area contributed by atoms with E-state index < -0.39 is 0 Å². The van der Waals surface area contributed by atoms with E-state index in [2.05, 4.69) is 44.7 Å². The number of hydrogen-bond donors (Lipinski definition) is 1. The molecule has 2 nitrogen and oxygen atoms in total. The minimum Gasteiger partial charge on any atom is -0.488 e. The summed E-state index contributed by atoms with van der Waals surface area (Å²) in [7, 11) is 0. The quantitative estimate of drug-likeness (QED) is 0.874. The van der Waals surface area contributed by atoms with E-state index in [1.54, 1.807) is 11.3 Å². The molecule has 0 amide bonds. The summed E-state index contributed by atoms with van der Waals surface area (Å²) >= 11 is 1.62. The normalized spacial score (nSPS) is 10.0. The minimum atomic E-state index is -0.108. The van der Waals surface area contributed by atoms with Gasteiger partial charge in [0, 0.05) is 15.8 Å². The van der Waals surface area contributed by atoms with Gasteiger partial charge >= 0.3 is 0 Å². The van der Waals surface area contributed by atoms with Gasteiger partial charge in [-0.2, -0.15) is 0 Å². The van der Waals surface area contributed by atoms with E-state index in [0.717, 1.165) is 16.2 Å². The van der Waals surface area contributed by atoms with Crippen molar-refractivity contribution in [2.24, 2.45) is 0 Å². The number of aliphatic hydroxyl groups is 1. The smallest absolute Gasteiger partial charge is 0.123 e. The first kappa shape index (κ1) is 14.6. The molecule has 0 bridgehead atoms. The average Bonchev–Trinajstić information content (AvgIpc) is 2.86. The zero-order valence-electron chi connectivity index (χ0n) is 12.0. The van der Waals surface area contributed by atoms with E-state index in [9.17, 15) is 0 Å². The molecule has 0 aliphatic carbocycles. The summed E-state index contributed by atoms with van der Waals surface area (Å²) in [5, 5.41) is 10.7.